The van der Waals surface area contributed by atoms with Gasteiger partial charge in [-0.25, -0.2) is 8.42 Å². The van der Waals surface area contributed by atoms with Gasteiger partial charge in [-0.2, -0.15) is 0 Å². The Labute approximate surface area is 149 Å². The molecule has 1 saturated heterocycles. The number of amides is 2. The molecule has 1 aliphatic heterocycles. The van der Waals surface area contributed by atoms with Crippen molar-refractivity contribution < 1.29 is 18.0 Å². The lowest BCUT2D eigenvalue weighted by molar-refractivity contribution is -0.131. The van der Waals surface area contributed by atoms with E-state index in [1.165, 1.54) is 11.2 Å². The Morgan fingerprint density at radius 3 is 2.24 bits per heavy atom. The van der Waals surface area contributed by atoms with Crippen LogP contribution in [0.4, 0.5) is 11.4 Å². The number of benzene rings is 1. The monoisotopic (exact) mass is 367 g/mol. The summed E-state index contributed by atoms with van der Waals surface area (Å²) in [6, 6.07) is 6.53. The molecule has 1 fully saturated rings. The van der Waals surface area contributed by atoms with Gasteiger partial charge in [-0.3, -0.25) is 13.9 Å². The minimum atomic E-state index is -3.51. The first-order chi connectivity index (χ1) is 11.8. The van der Waals surface area contributed by atoms with Gasteiger partial charge in [0, 0.05) is 38.7 Å². The van der Waals surface area contributed by atoms with Crippen LogP contribution in [0.2, 0.25) is 0 Å². The van der Waals surface area contributed by atoms with Gasteiger partial charge in [0.25, 0.3) is 0 Å². The van der Waals surface area contributed by atoms with E-state index >= 15 is 0 Å². The number of piperidine rings is 1. The number of hydrogen-bond acceptors (Lipinski definition) is 4. The molecular formula is C17H25N3O4S. The van der Waals surface area contributed by atoms with E-state index in [4.69, 9.17) is 0 Å². The lowest BCUT2D eigenvalue weighted by Crippen LogP contribution is -2.39. The number of carbonyl (C=O) groups excluding carboxylic acids is 2. The zero-order valence-electron chi connectivity index (χ0n) is 14.7. The van der Waals surface area contributed by atoms with Crippen molar-refractivity contribution in [2.24, 2.45) is 0 Å². The van der Waals surface area contributed by atoms with Crippen molar-refractivity contribution in [2.45, 2.75) is 32.6 Å². The smallest absolute Gasteiger partial charge is 0.232 e. The summed E-state index contributed by atoms with van der Waals surface area (Å²) in [7, 11) is -3.51. The Hall–Kier alpha value is -2.09. The summed E-state index contributed by atoms with van der Waals surface area (Å²) >= 11 is 0. The number of sulfonamides is 1. The Kier molecular flexibility index (Phi) is 6.41. The molecule has 1 aliphatic rings. The fraction of sp³-hybridized carbons (Fsp3) is 0.529. The predicted octanol–water partition coefficient (Wildman–Crippen LogP) is 1.81. The number of carbonyl (C=O) groups is 2. The molecule has 0 aromatic heterocycles. The van der Waals surface area contributed by atoms with Crippen molar-refractivity contribution in [1.82, 2.24) is 4.90 Å². The summed E-state index contributed by atoms with van der Waals surface area (Å²) in [4.78, 5) is 25.2. The second kappa shape index (κ2) is 8.33. The first-order valence-corrected chi connectivity index (χ1v) is 10.3. The molecule has 0 bridgehead atoms. The van der Waals surface area contributed by atoms with Gasteiger partial charge < -0.3 is 10.2 Å². The largest absolute Gasteiger partial charge is 0.343 e. The Morgan fingerprint density at radius 1 is 1.12 bits per heavy atom. The molecule has 2 amide bonds. The van der Waals surface area contributed by atoms with E-state index in [1.54, 1.807) is 24.3 Å². The Bertz CT molecular complexity index is 710. The standard InChI is InChI=1S/C17H25N3O4S/c1-14(21)18-15-6-8-16(9-7-15)20(25(2,23)24)13-10-17(22)19-11-4-3-5-12-19/h6-9H,3-5,10-13H2,1-2H3,(H,18,21). The van der Waals surface area contributed by atoms with Crippen molar-refractivity contribution in [3.05, 3.63) is 24.3 Å². The number of nitrogens with zero attached hydrogens (tertiary/aromatic N) is 2. The van der Waals surface area contributed by atoms with Crippen molar-refractivity contribution >= 4 is 33.2 Å². The summed E-state index contributed by atoms with van der Waals surface area (Å²) in [6.07, 6.45) is 4.43. The van der Waals surface area contributed by atoms with E-state index in [0.717, 1.165) is 38.6 Å². The van der Waals surface area contributed by atoms with Crippen LogP contribution < -0.4 is 9.62 Å². The molecular weight excluding hydrogens is 342 g/mol. The third-order valence-electron chi connectivity index (χ3n) is 4.11. The van der Waals surface area contributed by atoms with Gasteiger partial charge in [-0.05, 0) is 43.5 Å². The topological polar surface area (TPSA) is 86.8 Å². The molecule has 138 valence electrons. The lowest BCUT2D eigenvalue weighted by atomic mass is 10.1. The second-order valence-corrected chi connectivity index (χ2v) is 8.16. The molecule has 0 atom stereocenters. The quantitative estimate of drug-likeness (QED) is 0.831. The fourth-order valence-electron chi connectivity index (χ4n) is 2.90. The molecule has 0 saturated carbocycles. The van der Waals surface area contributed by atoms with Gasteiger partial charge in [-0.1, -0.05) is 0 Å². The normalized spacial score (nSPS) is 14.9. The average molecular weight is 367 g/mol. The first kappa shape index (κ1) is 19.2. The van der Waals surface area contributed by atoms with E-state index in [1.807, 2.05) is 4.90 Å². The Morgan fingerprint density at radius 2 is 1.72 bits per heavy atom. The van der Waals surface area contributed by atoms with E-state index in [-0.39, 0.29) is 24.8 Å². The van der Waals surface area contributed by atoms with Crippen LogP contribution in [0.1, 0.15) is 32.6 Å². The van der Waals surface area contributed by atoms with Crippen LogP contribution in [0.25, 0.3) is 0 Å². The van der Waals surface area contributed by atoms with Crippen LogP contribution in [-0.2, 0) is 19.6 Å². The fourth-order valence-corrected chi connectivity index (χ4v) is 3.83. The number of nitrogens with one attached hydrogen (secondary N) is 1. The minimum Gasteiger partial charge on any atom is -0.343 e. The van der Waals surface area contributed by atoms with Crippen molar-refractivity contribution in [2.75, 3.05) is 35.5 Å². The van der Waals surface area contributed by atoms with Gasteiger partial charge in [-0.15, -0.1) is 0 Å². The molecule has 2 rings (SSSR count). The second-order valence-electron chi connectivity index (χ2n) is 6.25. The summed E-state index contributed by atoms with van der Waals surface area (Å²) in [5.41, 5.74) is 1.07. The minimum absolute atomic E-state index is 0.0109. The highest BCUT2D eigenvalue weighted by Crippen LogP contribution is 2.21. The zero-order chi connectivity index (χ0) is 18.4. The van der Waals surface area contributed by atoms with Crippen LogP contribution in [0.5, 0.6) is 0 Å². The molecule has 1 N–H and O–H groups in total. The van der Waals surface area contributed by atoms with E-state index in [2.05, 4.69) is 5.32 Å². The van der Waals surface area contributed by atoms with Crippen LogP contribution >= 0.6 is 0 Å². The number of anilines is 2. The summed E-state index contributed by atoms with van der Waals surface area (Å²) in [6.45, 7) is 3.02. The van der Waals surface area contributed by atoms with Crippen molar-refractivity contribution in [1.29, 1.82) is 0 Å². The highest BCUT2D eigenvalue weighted by atomic mass is 32.2. The van der Waals surface area contributed by atoms with Gasteiger partial charge in [0.05, 0.1) is 11.9 Å². The van der Waals surface area contributed by atoms with Gasteiger partial charge in [0.2, 0.25) is 21.8 Å². The summed E-state index contributed by atoms with van der Waals surface area (Å²) in [5.74, 6) is -0.205. The van der Waals surface area contributed by atoms with Crippen molar-refractivity contribution in [3.8, 4) is 0 Å². The first-order valence-electron chi connectivity index (χ1n) is 8.40. The molecule has 1 aromatic carbocycles. The summed E-state index contributed by atoms with van der Waals surface area (Å²) in [5, 5.41) is 2.64. The molecule has 0 aliphatic carbocycles. The third kappa shape index (κ3) is 5.74. The van der Waals surface area contributed by atoms with Crippen molar-refractivity contribution in [3.63, 3.8) is 0 Å². The van der Waals surface area contributed by atoms with E-state index in [0.29, 0.717) is 11.4 Å². The maximum Gasteiger partial charge on any atom is 0.232 e. The predicted molar refractivity (Wildman–Crippen MR) is 98.0 cm³/mol. The van der Waals surface area contributed by atoms with E-state index < -0.39 is 10.0 Å². The number of hydrogen-bond donors (Lipinski definition) is 1. The number of rotatable bonds is 6. The SMILES string of the molecule is CC(=O)Nc1ccc(N(CCC(=O)N2CCCCC2)S(C)(=O)=O)cc1. The Balaban J connectivity index is 2.06. The van der Waals surface area contributed by atoms with Crippen LogP contribution in [0.15, 0.2) is 24.3 Å². The maximum absolute atomic E-state index is 12.3. The van der Waals surface area contributed by atoms with Gasteiger partial charge in [0.15, 0.2) is 0 Å². The molecule has 1 heterocycles. The van der Waals surface area contributed by atoms with Crippen LogP contribution in [0, 0.1) is 0 Å². The molecule has 8 heteroatoms. The highest BCUT2D eigenvalue weighted by Gasteiger charge is 2.21. The number of likely N-dealkylation sites (tertiary alicyclic amines) is 1. The zero-order valence-corrected chi connectivity index (χ0v) is 15.5. The lowest BCUT2D eigenvalue weighted by Gasteiger charge is -2.28. The molecule has 1 aromatic rings. The van der Waals surface area contributed by atoms with E-state index in [9.17, 15) is 18.0 Å². The molecule has 0 unspecified atom stereocenters. The van der Waals surface area contributed by atoms with Gasteiger partial charge >= 0.3 is 0 Å². The third-order valence-corrected chi connectivity index (χ3v) is 5.31. The molecule has 25 heavy (non-hydrogen) atoms. The molecule has 0 radical (unpaired) electrons. The summed E-state index contributed by atoms with van der Waals surface area (Å²) < 4.78 is 25.5. The van der Waals surface area contributed by atoms with Crippen LogP contribution in [0.3, 0.4) is 0 Å². The highest BCUT2D eigenvalue weighted by molar-refractivity contribution is 7.92. The molecule has 0 spiro atoms. The molecule has 7 nitrogen and oxygen atoms in total. The van der Waals surface area contributed by atoms with Crippen LogP contribution in [-0.4, -0.2) is 51.0 Å². The van der Waals surface area contributed by atoms with Gasteiger partial charge in [0.1, 0.15) is 0 Å². The average Bonchev–Trinajstić information content (AvgIpc) is 2.55. The maximum atomic E-state index is 12.3.